The standard InChI is InChI=1S/C25H26N2O5/c1-16-19(27-24(31-16)18-8-5-4-6-9-18)10-7-11-23-26-20-14-17(12-13-21(20)32-23)15-22(29-2)25(28)30-3/h4-6,8-9,12-14,22H,7,10-11,15H2,1-3H3/t22-/m0/s1. The van der Waals surface area contributed by atoms with Crippen LogP contribution in [0.2, 0.25) is 0 Å². The Morgan fingerprint density at radius 3 is 2.59 bits per heavy atom. The number of aromatic nitrogens is 2. The lowest BCUT2D eigenvalue weighted by molar-refractivity contribution is -0.152. The van der Waals surface area contributed by atoms with Crippen LogP contribution < -0.4 is 0 Å². The summed E-state index contributed by atoms with van der Waals surface area (Å²) in [7, 11) is 2.85. The fraction of sp³-hybridized carbons (Fsp3) is 0.320. The van der Waals surface area contributed by atoms with Gasteiger partial charge in [0, 0.05) is 25.5 Å². The van der Waals surface area contributed by atoms with E-state index in [1.807, 2.05) is 55.5 Å². The molecule has 4 rings (SSSR count). The molecule has 2 aromatic heterocycles. The van der Waals surface area contributed by atoms with Crippen LogP contribution in [0.15, 0.2) is 57.4 Å². The smallest absolute Gasteiger partial charge is 0.335 e. The number of methoxy groups -OCH3 is 2. The summed E-state index contributed by atoms with van der Waals surface area (Å²) in [6.45, 7) is 1.94. The van der Waals surface area contributed by atoms with E-state index in [1.165, 1.54) is 14.2 Å². The molecular formula is C25H26N2O5. The Morgan fingerprint density at radius 2 is 1.84 bits per heavy atom. The van der Waals surface area contributed by atoms with Gasteiger partial charge in [0.1, 0.15) is 11.3 Å². The van der Waals surface area contributed by atoms with Crippen LogP contribution in [-0.4, -0.2) is 36.3 Å². The van der Waals surface area contributed by atoms with Crippen LogP contribution in [0.5, 0.6) is 0 Å². The molecule has 1 atom stereocenters. The minimum atomic E-state index is -0.643. The largest absolute Gasteiger partial charge is 0.467 e. The lowest BCUT2D eigenvalue weighted by atomic mass is 10.1. The van der Waals surface area contributed by atoms with Crippen molar-refractivity contribution in [2.45, 2.75) is 38.7 Å². The average Bonchev–Trinajstić information content (AvgIpc) is 3.40. The van der Waals surface area contributed by atoms with Crippen LogP contribution in [-0.2, 0) is 33.5 Å². The molecule has 0 aliphatic rings. The highest BCUT2D eigenvalue weighted by Crippen LogP contribution is 2.23. The average molecular weight is 434 g/mol. The normalized spacial score (nSPS) is 12.2. The first-order valence-electron chi connectivity index (χ1n) is 10.6. The molecule has 0 radical (unpaired) electrons. The lowest BCUT2D eigenvalue weighted by Crippen LogP contribution is -2.26. The van der Waals surface area contributed by atoms with E-state index in [0.29, 0.717) is 24.6 Å². The first-order chi connectivity index (χ1) is 15.6. The third kappa shape index (κ3) is 4.89. The molecule has 0 bridgehead atoms. The van der Waals surface area contributed by atoms with Gasteiger partial charge >= 0.3 is 5.97 Å². The van der Waals surface area contributed by atoms with Crippen LogP contribution >= 0.6 is 0 Å². The molecule has 0 saturated carbocycles. The van der Waals surface area contributed by atoms with Gasteiger partial charge in [-0.25, -0.2) is 14.8 Å². The summed E-state index contributed by atoms with van der Waals surface area (Å²) in [4.78, 5) is 21.0. The molecule has 166 valence electrons. The molecule has 7 nitrogen and oxygen atoms in total. The predicted octanol–water partition coefficient (Wildman–Crippen LogP) is 4.70. The molecule has 32 heavy (non-hydrogen) atoms. The summed E-state index contributed by atoms with van der Waals surface area (Å²) in [6.07, 6.45) is 2.09. The van der Waals surface area contributed by atoms with Gasteiger partial charge < -0.3 is 18.3 Å². The maximum absolute atomic E-state index is 11.8. The third-order valence-electron chi connectivity index (χ3n) is 5.38. The number of oxazole rings is 2. The zero-order valence-electron chi connectivity index (χ0n) is 18.5. The van der Waals surface area contributed by atoms with E-state index in [0.717, 1.165) is 46.5 Å². The van der Waals surface area contributed by atoms with Crippen molar-refractivity contribution in [3.05, 3.63) is 71.4 Å². The van der Waals surface area contributed by atoms with E-state index in [1.54, 1.807) is 0 Å². The van der Waals surface area contributed by atoms with Gasteiger partial charge in [0.25, 0.3) is 0 Å². The molecule has 0 spiro atoms. The first-order valence-corrected chi connectivity index (χ1v) is 10.6. The molecule has 0 unspecified atom stereocenters. The molecule has 0 N–H and O–H groups in total. The Labute approximate surface area is 186 Å². The number of benzene rings is 2. The molecule has 0 aliphatic carbocycles. The van der Waals surface area contributed by atoms with Crippen molar-refractivity contribution in [1.29, 1.82) is 0 Å². The van der Waals surface area contributed by atoms with Crippen LogP contribution in [0.1, 0.15) is 29.3 Å². The maximum atomic E-state index is 11.8. The van der Waals surface area contributed by atoms with E-state index >= 15 is 0 Å². The van der Waals surface area contributed by atoms with Crippen molar-refractivity contribution in [1.82, 2.24) is 9.97 Å². The molecule has 0 amide bonds. The van der Waals surface area contributed by atoms with E-state index in [4.69, 9.17) is 18.3 Å². The number of hydrogen-bond acceptors (Lipinski definition) is 7. The van der Waals surface area contributed by atoms with Crippen molar-refractivity contribution in [3.63, 3.8) is 0 Å². The number of fused-ring (bicyclic) bond motifs is 1. The second kappa shape index (κ2) is 9.78. The monoisotopic (exact) mass is 434 g/mol. The second-order valence-corrected chi connectivity index (χ2v) is 7.60. The summed E-state index contributed by atoms with van der Waals surface area (Å²) in [5.41, 5.74) is 4.34. The zero-order chi connectivity index (χ0) is 22.5. The second-order valence-electron chi connectivity index (χ2n) is 7.60. The summed E-state index contributed by atoms with van der Waals surface area (Å²) in [5, 5.41) is 0. The number of carbonyl (C=O) groups is 1. The summed E-state index contributed by atoms with van der Waals surface area (Å²) < 4.78 is 21.7. The van der Waals surface area contributed by atoms with Gasteiger partial charge in [-0.05, 0) is 49.6 Å². The highest BCUT2D eigenvalue weighted by atomic mass is 16.6. The predicted molar refractivity (Wildman–Crippen MR) is 119 cm³/mol. The van der Waals surface area contributed by atoms with Gasteiger partial charge in [0.15, 0.2) is 17.6 Å². The van der Waals surface area contributed by atoms with Crippen LogP contribution in [0, 0.1) is 6.92 Å². The Morgan fingerprint density at radius 1 is 1.03 bits per heavy atom. The van der Waals surface area contributed by atoms with Crippen LogP contribution in [0.3, 0.4) is 0 Å². The van der Waals surface area contributed by atoms with Crippen molar-refractivity contribution >= 4 is 17.1 Å². The number of esters is 1. The number of nitrogens with zero attached hydrogens (tertiary/aromatic N) is 2. The lowest BCUT2D eigenvalue weighted by Gasteiger charge is -2.12. The number of rotatable bonds is 9. The fourth-order valence-electron chi connectivity index (χ4n) is 3.63. The van der Waals surface area contributed by atoms with Crippen LogP contribution in [0.25, 0.3) is 22.6 Å². The van der Waals surface area contributed by atoms with Crippen molar-refractivity contribution in [2.24, 2.45) is 0 Å². The summed E-state index contributed by atoms with van der Waals surface area (Å²) in [6, 6.07) is 15.6. The number of aryl methyl sites for hydroxylation is 3. The maximum Gasteiger partial charge on any atom is 0.335 e. The quantitative estimate of drug-likeness (QED) is 0.353. The minimum Gasteiger partial charge on any atom is -0.467 e. The SMILES string of the molecule is COC(=O)[C@H](Cc1ccc2oc(CCCc3nc(-c4ccccc4)oc3C)nc2c1)OC. The van der Waals surface area contributed by atoms with E-state index < -0.39 is 12.1 Å². The van der Waals surface area contributed by atoms with E-state index in [2.05, 4.69) is 9.97 Å². The highest BCUT2D eigenvalue weighted by Gasteiger charge is 2.19. The Kier molecular flexibility index (Phi) is 6.66. The summed E-state index contributed by atoms with van der Waals surface area (Å²) >= 11 is 0. The molecule has 2 heterocycles. The number of ether oxygens (including phenoxy) is 2. The molecular weight excluding hydrogens is 408 g/mol. The van der Waals surface area contributed by atoms with Gasteiger partial charge in [-0.3, -0.25) is 0 Å². The van der Waals surface area contributed by atoms with Gasteiger partial charge in [0.2, 0.25) is 5.89 Å². The highest BCUT2D eigenvalue weighted by molar-refractivity contribution is 5.76. The molecule has 0 aliphatic heterocycles. The van der Waals surface area contributed by atoms with E-state index in [-0.39, 0.29) is 0 Å². The van der Waals surface area contributed by atoms with Gasteiger partial charge in [0.05, 0.1) is 12.8 Å². The van der Waals surface area contributed by atoms with Crippen LogP contribution in [0.4, 0.5) is 0 Å². The number of hydrogen-bond donors (Lipinski definition) is 0. The number of carbonyl (C=O) groups excluding carboxylic acids is 1. The van der Waals surface area contributed by atoms with Crippen molar-refractivity contribution in [2.75, 3.05) is 14.2 Å². The zero-order valence-corrected chi connectivity index (χ0v) is 18.5. The Balaban J connectivity index is 1.39. The van der Waals surface area contributed by atoms with Gasteiger partial charge in [-0.2, -0.15) is 0 Å². The van der Waals surface area contributed by atoms with Crippen molar-refractivity contribution in [3.8, 4) is 11.5 Å². The molecule has 0 fully saturated rings. The summed E-state index contributed by atoms with van der Waals surface area (Å²) in [5.74, 6) is 1.77. The Bertz CT molecular complexity index is 1200. The molecule has 2 aromatic carbocycles. The topological polar surface area (TPSA) is 87.6 Å². The molecule has 0 saturated heterocycles. The Hall–Kier alpha value is -3.45. The van der Waals surface area contributed by atoms with Gasteiger partial charge in [-0.1, -0.05) is 24.3 Å². The van der Waals surface area contributed by atoms with Crippen molar-refractivity contribution < 1.29 is 23.1 Å². The fourth-order valence-corrected chi connectivity index (χ4v) is 3.63. The minimum absolute atomic E-state index is 0.396. The van der Waals surface area contributed by atoms with Gasteiger partial charge in [-0.15, -0.1) is 0 Å². The molecule has 4 aromatic rings. The molecule has 7 heteroatoms. The first kappa shape index (κ1) is 21.8. The third-order valence-corrected chi connectivity index (χ3v) is 5.38. The van der Waals surface area contributed by atoms with E-state index in [9.17, 15) is 4.79 Å².